The molecule has 5 nitrogen and oxygen atoms in total. The molecule has 0 aliphatic rings. The molecular weight excluding hydrogens is 475 g/mol. The fourth-order valence-electron chi connectivity index (χ4n) is 2.74. The predicted octanol–water partition coefficient (Wildman–Crippen LogP) is 8.89. The molecule has 0 aromatic carbocycles. The van der Waals surface area contributed by atoms with Crippen LogP contribution in [0.3, 0.4) is 0 Å². The summed E-state index contributed by atoms with van der Waals surface area (Å²) in [4.78, 5) is 14.4. The lowest BCUT2D eigenvalue weighted by atomic mass is 10.3. The van der Waals surface area contributed by atoms with Crippen molar-refractivity contribution >= 4 is 59.5 Å². The SMILES string of the molecule is CCCCCSNc1nc(SCCCCC)nc(N(SCCCCC)SCCCCC)n1. The number of nitrogens with one attached hydrogen (secondary N) is 1. The first-order valence-electron chi connectivity index (χ1n) is 12.6. The fraction of sp³-hybridized carbons (Fsp3) is 0.870. The molecule has 186 valence electrons. The van der Waals surface area contributed by atoms with Crippen molar-refractivity contribution in [3.8, 4) is 0 Å². The maximum atomic E-state index is 4.86. The van der Waals surface area contributed by atoms with Crippen molar-refractivity contribution in [1.29, 1.82) is 0 Å². The van der Waals surface area contributed by atoms with Crippen LogP contribution in [0, 0.1) is 0 Å². The average molecular weight is 520 g/mol. The summed E-state index contributed by atoms with van der Waals surface area (Å²) in [6, 6.07) is 0. The summed E-state index contributed by atoms with van der Waals surface area (Å²) >= 11 is 7.19. The number of rotatable bonds is 22. The Morgan fingerprint density at radius 1 is 0.625 bits per heavy atom. The largest absolute Gasteiger partial charge is 0.298 e. The second kappa shape index (κ2) is 21.5. The number of unbranched alkanes of at least 4 members (excludes halogenated alkanes) is 8. The lowest BCUT2D eigenvalue weighted by molar-refractivity contribution is 0.776. The van der Waals surface area contributed by atoms with Crippen LogP contribution >= 0.6 is 47.6 Å². The molecule has 0 spiro atoms. The van der Waals surface area contributed by atoms with Crippen LogP contribution in [0.25, 0.3) is 0 Å². The number of nitrogens with zero attached hydrogens (tertiary/aromatic N) is 4. The lowest BCUT2D eigenvalue weighted by Crippen LogP contribution is -2.13. The van der Waals surface area contributed by atoms with Gasteiger partial charge in [-0.25, -0.2) is 3.71 Å². The summed E-state index contributed by atoms with van der Waals surface area (Å²) in [6.45, 7) is 8.99. The number of hydrogen-bond acceptors (Lipinski definition) is 9. The summed E-state index contributed by atoms with van der Waals surface area (Å²) in [7, 11) is 0. The van der Waals surface area contributed by atoms with Crippen molar-refractivity contribution in [2.75, 3.05) is 31.4 Å². The third-order valence-electron chi connectivity index (χ3n) is 4.67. The van der Waals surface area contributed by atoms with E-state index in [-0.39, 0.29) is 0 Å². The summed E-state index contributed by atoms with van der Waals surface area (Å²) in [6.07, 6.45) is 14.9. The number of thioether (sulfide) groups is 1. The van der Waals surface area contributed by atoms with Crippen molar-refractivity contribution in [3.63, 3.8) is 0 Å². The van der Waals surface area contributed by atoms with Crippen molar-refractivity contribution < 1.29 is 0 Å². The first-order valence-corrected chi connectivity index (χ1v) is 16.4. The Labute approximate surface area is 215 Å². The molecule has 1 heterocycles. The zero-order valence-corrected chi connectivity index (χ0v) is 24.0. The molecule has 0 saturated heterocycles. The molecule has 0 aliphatic carbocycles. The zero-order chi connectivity index (χ0) is 23.3. The topological polar surface area (TPSA) is 53.9 Å². The van der Waals surface area contributed by atoms with E-state index in [2.05, 4.69) is 36.1 Å². The van der Waals surface area contributed by atoms with E-state index < -0.39 is 0 Å². The van der Waals surface area contributed by atoms with Gasteiger partial charge in [0.1, 0.15) is 0 Å². The number of aromatic nitrogens is 3. The van der Waals surface area contributed by atoms with E-state index in [1.165, 1.54) is 77.0 Å². The van der Waals surface area contributed by atoms with Gasteiger partial charge in [0, 0.05) is 23.0 Å². The van der Waals surface area contributed by atoms with Gasteiger partial charge in [-0.3, -0.25) is 4.72 Å². The van der Waals surface area contributed by atoms with Crippen LogP contribution in [-0.4, -0.2) is 38.0 Å². The Morgan fingerprint density at radius 2 is 1.16 bits per heavy atom. The maximum Gasteiger partial charge on any atom is 0.252 e. The summed E-state index contributed by atoms with van der Waals surface area (Å²) < 4.78 is 5.64. The third kappa shape index (κ3) is 15.0. The van der Waals surface area contributed by atoms with Gasteiger partial charge in [0.25, 0.3) is 5.95 Å². The summed E-state index contributed by atoms with van der Waals surface area (Å²) in [5.41, 5.74) is 0. The smallest absolute Gasteiger partial charge is 0.252 e. The first kappa shape index (κ1) is 30.0. The Kier molecular flexibility index (Phi) is 20.2. The molecule has 0 amide bonds. The summed E-state index contributed by atoms with van der Waals surface area (Å²) in [5.74, 6) is 5.84. The third-order valence-corrected chi connectivity index (χ3v) is 8.80. The first-order chi connectivity index (χ1) is 15.7. The second-order valence-corrected chi connectivity index (χ2v) is 12.1. The van der Waals surface area contributed by atoms with E-state index in [4.69, 9.17) is 15.0 Å². The minimum Gasteiger partial charge on any atom is -0.298 e. The van der Waals surface area contributed by atoms with Gasteiger partial charge in [0.15, 0.2) is 5.16 Å². The predicted molar refractivity (Wildman–Crippen MR) is 152 cm³/mol. The van der Waals surface area contributed by atoms with Crippen LogP contribution in [0.4, 0.5) is 11.9 Å². The number of anilines is 2. The van der Waals surface area contributed by atoms with E-state index in [1.807, 2.05) is 23.9 Å². The van der Waals surface area contributed by atoms with Crippen molar-refractivity contribution in [1.82, 2.24) is 15.0 Å². The molecule has 0 bridgehead atoms. The van der Waals surface area contributed by atoms with E-state index in [9.17, 15) is 0 Å². The van der Waals surface area contributed by atoms with Crippen molar-refractivity contribution in [2.45, 2.75) is 110 Å². The quantitative estimate of drug-likeness (QED) is 0.0918. The van der Waals surface area contributed by atoms with Crippen LogP contribution in [0.15, 0.2) is 5.16 Å². The van der Waals surface area contributed by atoms with Gasteiger partial charge in [-0.15, -0.1) is 0 Å². The molecule has 9 heteroatoms. The van der Waals surface area contributed by atoms with Gasteiger partial charge in [-0.1, -0.05) is 103 Å². The molecule has 1 aromatic heterocycles. The van der Waals surface area contributed by atoms with Crippen molar-refractivity contribution in [2.24, 2.45) is 0 Å². The molecule has 0 radical (unpaired) electrons. The van der Waals surface area contributed by atoms with Gasteiger partial charge >= 0.3 is 0 Å². The van der Waals surface area contributed by atoms with E-state index in [1.54, 1.807) is 23.7 Å². The highest BCUT2D eigenvalue weighted by atomic mass is 32.2. The molecule has 0 fully saturated rings. The van der Waals surface area contributed by atoms with Gasteiger partial charge in [0.2, 0.25) is 5.95 Å². The Hall–Kier alpha value is 0.01000. The van der Waals surface area contributed by atoms with Crippen LogP contribution < -0.4 is 8.43 Å². The van der Waals surface area contributed by atoms with Crippen LogP contribution in [0.1, 0.15) is 105 Å². The monoisotopic (exact) mass is 519 g/mol. The Bertz CT molecular complexity index is 553. The second-order valence-electron chi connectivity index (χ2n) is 7.79. The molecule has 1 N–H and O–H groups in total. The van der Waals surface area contributed by atoms with Gasteiger partial charge in [-0.2, -0.15) is 15.0 Å². The molecule has 0 aliphatic heterocycles. The molecule has 0 saturated carbocycles. The number of hydrogen-bond donors (Lipinski definition) is 1. The van der Waals surface area contributed by atoms with Crippen LogP contribution in [0.5, 0.6) is 0 Å². The molecule has 1 rings (SSSR count). The summed E-state index contributed by atoms with van der Waals surface area (Å²) in [5, 5.41) is 0.844. The Morgan fingerprint density at radius 3 is 1.72 bits per heavy atom. The fourth-order valence-corrected chi connectivity index (χ4v) is 6.38. The standard InChI is InChI=1S/C23H45N5S4/c1-5-9-13-17-29-23-25-21(27-30-18-14-10-6-2)24-22(26-23)28(31-19-15-11-7-3)32-20-16-12-8-4/h5-20H2,1-4H3,(H,24,25,26,27). The highest BCUT2D eigenvalue weighted by Gasteiger charge is 2.16. The zero-order valence-electron chi connectivity index (χ0n) is 20.7. The minimum atomic E-state index is 0.697. The lowest BCUT2D eigenvalue weighted by Gasteiger charge is -2.20. The maximum absolute atomic E-state index is 4.86. The molecule has 0 atom stereocenters. The highest BCUT2D eigenvalue weighted by molar-refractivity contribution is 8.18. The van der Waals surface area contributed by atoms with Gasteiger partial charge in [0.05, 0.1) is 0 Å². The van der Waals surface area contributed by atoms with E-state index in [0.29, 0.717) is 5.95 Å². The van der Waals surface area contributed by atoms with Gasteiger partial charge in [-0.05, 0) is 49.6 Å². The highest BCUT2D eigenvalue weighted by Crippen LogP contribution is 2.31. The molecule has 0 unspecified atom stereocenters. The molecule has 1 aromatic rings. The van der Waals surface area contributed by atoms with E-state index in [0.717, 1.165) is 34.1 Å². The molecular formula is C23H45N5S4. The van der Waals surface area contributed by atoms with Crippen LogP contribution in [-0.2, 0) is 0 Å². The van der Waals surface area contributed by atoms with Crippen LogP contribution in [0.2, 0.25) is 0 Å². The normalized spacial score (nSPS) is 11.1. The van der Waals surface area contributed by atoms with Crippen molar-refractivity contribution in [3.05, 3.63) is 0 Å². The minimum absolute atomic E-state index is 0.697. The Balaban J connectivity index is 2.87. The molecule has 32 heavy (non-hydrogen) atoms. The van der Waals surface area contributed by atoms with E-state index >= 15 is 0 Å². The average Bonchev–Trinajstić information content (AvgIpc) is 2.80. The van der Waals surface area contributed by atoms with Gasteiger partial charge < -0.3 is 0 Å².